The van der Waals surface area contributed by atoms with Gasteiger partial charge in [-0.15, -0.1) is 5.10 Å². The van der Waals surface area contributed by atoms with Crippen molar-refractivity contribution in [3.63, 3.8) is 0 Å². The number of aromatic nitrogens is 5. The number of carbonyl (C=O) groups is 1. The van der Waals surface area contributed by atoms with Gasteiger partial charge in [0, 0.05) is 32.3 Å². The van der Waals surface area contributed by atoms with Crippen LogP contribution in [0.1, 0.15) is 10.4 Å². The van der Waals surface area contributed by atoms with Crippen molar-refractivity contribution in [3.05, 3.63) is 82.8 Å². The lowest BCUT2D eigenvalue weighted by molar-refractivity contribution is 0.0947. The van der Waals surface area contributed by atoms with Gasteiger partial charge < -0.3 is 28.4 Å². The molecule has 0 aliphatic heterocycles. The highest BCUT2D eigenvalue weighted by Gasteiger charge is 2.24. The SMILES string of the molecule is COc1cc(-c2nsc(-c3ccc(-c4nc(-c5cc(OC)c(OC)c(OC)c5)n(C(=O)c5ccc(Br)cc5)n4)cc3)n2)cc(OC)c1OC. The molecule has 6 rings (SSSR count). The third-order valence-corrected chi connectivity index (χ3v) is 8.85. The first-order chi connectivity index (χ1) is 23.8. The molecule has 2 heterocycles. The van der Waals surface area contributed by atoms with Gasteiger partial charge in [0.25, 0.3) is 5.91 Å². The zero-order valence-corrected chi connectivity index (χ0v) is 29.7. The molecule has 250 valence electrons. The Morgan fingerprint density at radius 2 is 1.12 bits per heavy atom. The van der Waals surface area contributed by atoms with Gasteiger partial charge in [-0.1, -0.05) is 40.2 Å². The number of hydrogen-bond acceptors (Lipinski definition) is 12. The topological polar surface area (TPSA) is 129 Å². The Labute approximate surface area is 294 Å². The number of halogens is 1. The number of nitrogens with zero attached hydrogens (tertiary/aromatic N) is 5. The molecule has 0 radical (unpaired) electrons. The van der Waals surface area contributed by atoms with Crippen LogP contribution in [0.5, 0.6) is 34.5 Å². The Morgan fingerprint density at radius 3 is 1.63 bits per heavy atom. The van der Waals surface area contributed by atoms with Gasteiger partial charge >= 0.3 is 0 Å². The maximum atomic E-state index is 13.8. The van der Waals surface area contributed by atoms with Crippen molar-refractivity contribution in [2.45, 2.75) is 0 Å². The molecular weight excluding hydrogens is 714 g/mol. The van der Waals surface area contributed by atoms with Gasteiger partial charge in [0.2, 0.25) is 11.5 Å². The fourth-order valence-electron chi connectivity index (χ4n) is 5.12. The lowest BCUT2D eigenvalue weighted by Crippen LogP contribution is -2.15. The van der Waals surface area contributed by atoms with Crippen molar-refractivity contribution in [2.24, 2.45) is 0 Å². The van der Waals surface area contributed by atoms with E-state index in [1.54, 1.807) is 69.9 Å². The Morgan fingerprint density at radius 1 is 0.612 bits per heavy atom. The molecule has 14 heteroatoms. The van der Waals surface area contributed by atoms with E-state index in [0.29, 0.717) is 73.7 Å². The summed E-state index contributed by atoms with van der Waals surface area (Å²) in [5.74, 6) is 3.55. The fraction of sp³-hybridized carbons (Fsp3) is 0.171. The molecule has 49 heavy (non-hydrogen) atoms. The molecule has 0 saturated carbocycles. The van der Waals surface area contributed by atoms with Crippen LogP contribution in [-0.2, 0) is 0 Å². The monoisotopic (exact) mass is 743 g/mol. The first-order valence-electron chi connectivity index (χ1n) is 14.6. The van der Waals surface area contributed by atoms with Crippen LogP contribution in [-0.4, -0.2) is 72.7 Å². The van der Waals surface area contributed by atoms with Crippen LogP contribution >= 0.6 is 27.5 Å². The molecule has 0 fully saturated rings. The van der Waals surface area contributed by atoms with Crippen LogP contribution in [0.4, 0.5) is 0 Å². The standard InChI is InChI=1S/C35H30BrN5O7S/c1-43-25-15-22(16-26(44-2)29(25)47-5)32-38-34(49-40-32)20-9-7-19(8-10-20)31-37-33(23-17-27(45-3)30(48-6)28(18-23)46-4)41(39-31)35(42)21-11-13-24(36)14-12-21/h7-18H,1-6H3. The lowest BCUT2D eigenvalue weighted by atomic mass is 10.1. The predicted molar refractivity (Wildman–Crippen MR) is 188 cm³/mol. The van der Waals surface area contributed by atoms with E-state index in [4.69, 9.17) is 38.4 Å². The van der Waals surface area contributed by atoms with Crippen molar-refractivity contribution in [3.8, 4) is 79.2 Å². The van der Waals surface area contributed by atoms with Gasteiger partial charge in [0.15, 0.2) is 40.5 Å². The quantitative estimate of drug-likeness (QED) is 0.133. The number of carbonyl (C=O) groups excluding carboxylic acids is 1. The molecule has 0 spiro atoms. The van der Waals surface area contributed by atoms with E-state index in [2.05, 4.69) is 25.4 Å². The van der Waals surface area contributed by atoms with E-state index in [-0.39, 0.29) is 5.91 Å². The molecular formula is C35H30BrN5O7S. The molecule has 12 nitrogen and oxygen atoms in total. The largest absolute Gasteiger partial charge is 0.493 e. The summed E-state index contributed by atoms with van der Waals surface area (Å²) in [5, 5.41) is 5.38. The van der Waals surface area contributed by atoms with Crippen molar-refractivity contribution in [2.75, 3.05) is 42.7 Å². The number of methoxy groups -OCH3 is 6. The molecule has 4 aromatic carbocycles. The molecule has 0 unspecified atom stereocenters. The number of ether oxygens (including phenoxy) is 6. The van der Waals surface area contributed by atoms with Crippen LogP contribution in [0.15, 0.2) is 77.3 Å². The molecule has 6 aromatic rings. The van der Waals surface area contributed by atoms with Crippen LogP contribution in [0.2, 0.25) is 0 Å². The second-order valence-corrected chi connectivity index (χ2v) is 12.0. The summed E-state index contributed by atoms with van der Waals surface area (Å²) in [7, 11) is 9.25. The molecule has 0 N–H and O–H groups in total. The molecule has 0 bridgehead atoms. The number of benzene rings is 4. The summed E-state index contributed by atoms with van der Waals surface area (Å²) < 4.78 is 39.8. The van der Waals surface area contributed by atoms with Crippen molar-refractivity contribution in [1.29, 1.82) is 0 Å². The minimum atomic E-state index is -0.361. The average molecular weight is 745 g/mol. The Kier molecular flexibility index (Phi) is 9.78. The van der Waals surface area contributed by atoms with Gasteiger partial charge in [-0.25, -0.2) is 9.97 Å². The first kappa shape index (κ1) is 33.4. The molecule has 0 saturated heterocycles. The van der Waals surface area contributed by atoms with E-state index in [1.807, 2.05) is 24.3 Å². The Balaban J connectivity index is 1.37. The van der Waals surface area contributed by atoms with E-state index in [1.165, 1.54) is 37.5 Å². The molecule has 0 amide bonds. The smallest absolute Gasteiger partial charge is 0.280 e. The lowest BCUT2D eigenvalue weighted by Gasteiger charge is -2.14. The van der Waals surface area contributed by atoms with Gasteiger partial charge in [-0.3, -0.25) is 4.79 Å². The van der Waals surface area contributed by atoms with Gasteiger partial charge in [-0.05, 0) is 60.1 Å². The van der Waals surface area contributed by atoms with E-state index < -0.39 is 0 Å². The van der Waals surface area contributed by atoms with Gasteiger partial charge in [-0.2, -0.15) is 9.06 Å². The summed E-state index contributed by atoms with van der Waals surface area (Å²) >= 11 is 4.69. The van der Waals surface area contributed by atoms with Crippen LogP contribution in [0, 0.1) is 0 Å². The molecule has 0 atom stereocenters. The zero-order chi connectivity index (χ0) is 34.7. The predicted octanol–water partition coefficient (Wildman–Crippen LogP) is 7.30. The third kappa shape index (κ3) is 6.52. The van der Waals surface area contributed by atoms with E-state index >= 15 is 0 Å². The van der Waals surface area contributed by atoms with Crippen LogP contribution in [0.25, 0.3) is 44.7 Å². The van der Waals surface area contributed by atoms with Gasteiger partial charge in [0.05, 0.1) is 42.7 Å². The summed E-state index contributed by atoms with van der Waals surface area (Å²) in [4.78, 5) is 23.4. The highest BCUT2D eigenvalue weighted by molar-refractivity contribution is 9.10. The van der Waals surface area contributed by atoms with Crippen molar-refractivity contribution in [1.82, 2.24) is 24.1 Å². The summed E-state index contributed by atoms with van der Waals surface area (Å²) in [6.45, 7) is 0. The number of rotatable bonds is 11. The molecule has 2 aromatic heterocycles. The average Bonchev–Trinajstić information content (AvgIpc) is 3.82. The minimum absolute atomic E-state index is 0.297. The fourth-order valence-corrected chi connectivity index (χ4v) is 6.07. The zero-order valence-electron chi connectivity index (χ0n) is 27.3. The maximum Gasteiger partial charge on any atom is 0.280 e. The highest BCUT2D eigenvalue weighted by atomic mass is 79.9. The number of hydrogen-bond donors (Lipinski definition) is 0. The maximum absolute atomic E-state index is 13.8. The normalized spacial score (nSPS) is 10.8. The first-order valence-corrected chi connectivity index (χ1v) is 16.2. The molecule has 0 aliphatic rings. The minimum Gasteiger partial charge on any atom is -0.493 e. The second-order valence-electron chi connectivity index (χ2n) is 10.3. The van der Waals surface area contributed by atoms with E-state index in [0.717, 1.165) is 15.6 Å². The molecule has 0 aliphatic carbocycles. The highest BCUT2D eigenvalue weighted by Crippen LogP contribution is 2.42. The summed E-state index contributed by atoms with van der Waals surface area (Å²) in [5.41, 5.74) is 3.23. The van der Waals surface area contributed by atoms with Crippen LogP contribution < -0.4 is 28.4 Å². The Hall–Kier alpha value is -5.47. The van der Waals surface area contributed by atoms with Crippen LogP contribution in [0.3, 0.4) is 0 Å². The third-order valence-electron chi connectivity index (χ3n) is 7.55. The Bertz CT molecular complexity index is 2080. The van der Waals surface area contributed by atoms with E-state index in [9.17, 15) is 4.79 Å². The summed E-state index contributed by atoms with van der Waals surface area (Å²) in [6.07, 6.45) is 0. The van der Waals surface area contributed by atoms with Gasteiger partial charge in [0.1, 0.15) is 5.01 Å². The summed E-state index contributed by atoms with van der Waals surface area (Å²) in [6, 6.07) is 21.7. The second kappa shape index (κ2) is 14.3. The van der Waals surface area contributed by atoms with Crippen molar-refractivity contribution >= 4 is 33.4 Å². The van der Waals surface area contributed by atoms with Crippen molar-refractivity contribution < 1.29 is 33.2 Å².